The van der Waals surface area contributed by atoms with Gasteiger partial charge in [0.1, 0.15) is 0 Å². The molecule has 2 aromatic heterocycles. The molecule has 30 heavy (non-hydrogen) atoms. The molecule has 0 fully saturated rings. The summed E-state index contributed by atoms with van der Waals surface area (Å²) in [5.74, 6) is 0.228. The first kappa shape index (κ1) is 20.0. The Bertz CT molecular complexity index is 1130. The second-order valence-corrected chi connectivity index (χ2v) is 8.17. The lowest BCUT2D eigenvalue weighted by Crippen LogP contribution is -2.23. The molecule has 2 N–H and O–H groups in total. The molecule has 0 amide bonds. The fraction of sp³-hybridized carbons (Fsp3) is 0.240. The van der Waals surface area contributed by atoms with Crippen molar-refractivity contribution in [2.24, 2.45) is 0 Å². The third kappa shape index (κ3) is 3.89. The first-order valence-electron chi connectivity index (χ1n) is 10.1. The molecule has 0 unspecified atom stereocenters. The average Bonchev–Trinajstić information content (AvgIpc) is 3.10. The fourth-order valence-electron chi connectivity index (χ4n) is 3.81. The minimum absolute atomic E-state index is 0.0687. The van der Waals surface area contributed by atoms with Crippen molar-refractivity contribution in [3.05, 3.63) is 84.3 Å². The summed E-state index contributed by atoms with van der Waals surface area (Å²) < 4.78 is 7.18. The minimum atomic E-state index is -0.0687. The average molecular weight is 402 g/mol. The highest BCUT2D eigenvalue weighted by Crippen LogP contribution is 2.36. The fourth-order valence-corrected chi connectivity index (χ4v) is 3.81. The molecule has 5 heteroatoms. The Morgan fingerprint density at radius 3 is 2.47 bits per heavy atom. The van der Waals surface area contributed by atoms with E-state index in [9.17, 15) is 5.11 Å². The normalized spacial score (nSPS) is 11.7. The van der Waals surface area contributed by atoms with E-state index in [4.69, 9.17) is 4.74 Å². The van der Waals surface area contributed by atoms with E-state index in [2.05, 4.69) is 36.3 Å². The van der Waals surface area contributed by atoms with E-state index in [1.807, 2.05) is 53.2 Å². The number of ether oxygens (including phenoxy) is 1. The first-order chi connectivity index (χ1) is 14.5. The van der Waals surface area contributed by atoms with Gasteiger partial charge in [-0.15, -0.1) is 0 Å². The van der Waals surface area contributed by atoms with Crippen LogP contribution in [0.4, 0.5) is 5.69 Å². The maximum atomic E-state index is 11.0. The summed E-state index contributed by atoms with van der Waals surface area (Å²) in [5.41, 5.74) is 4.08. The second kappa shape index (κ2) is 8.20. The van der Waals surface area contributed by atoms with E-state index >= 15 is 0 Å². The highest BCUT2D eigenvalue weighted by molar-refractivity contribution is 5.99. The second-order valence-electron chi connectivity index (χ2n) is 8.17. The van der Waals surface area contributed by atoms with Crippen LogP contribution in [-0.4, -0.2) is 28.4 Å². The maximum Gasteiger partial charge on any atom is 0.205 e. The van der Waals surface area contributed by atoms with Crippen molar-refractivity contribution < 1.29 is 9.84 Å². The van der Waals surface area contributed by atoms with Crippen molar-refractivity contribution in [2.45, 2.75) is 25.8 Å². The van der Waals surface area contributed by atoms with Crippen LogP contribution in [0.25, 0.3) is 16.5 Å². The van der Waals surface area contributed by atoms with Gasteiger partial charge in [-0.1, -0.05) is 38.1 Å². The predicted molar refractivity (Wildman–Crippen MR) is 121 cm³/mol. The van der Waals surface area contributed by atoms with Crippen molar-refractivity contribution in [3.63, 3.8) is 0 Å². The van der Waals surface area contributed by atoms with Crippen molar-refractivity contribution in [2.75, 3.05) is 19.0 Å². The zero-order valence-electron chi connectivity index (χ0n) is 17.6. The molecule has 0 saturated heterocycles. The summed E-state index contributed by atoms with van der Waals surface area (Å²) in [7, 11) is 1.72. The Labute approximate surface area is 177 Å². The third-order valence-corrected chi connectivity index (χ3v) is 5.48. The van der Waals surface area contributed by atoms with Gasteiger partial charge in [-0.05, 0) is 41.5 Å². The standard InChI is InChI=1S/C25H27N3O2/c1-25(2,17-30-3)20-7-9-21(10-8-20)28-16-19-5-4-6-22(23(19)24(28)29)27-15-18-11-13-26-14-12-18/h4-14,16,27,29H,15,17H2,1-3H3. The number of rotatable bonds is 7. The molecule has 4 rings (SSSR count). The first-order valence-corrected chi connectivity index (χ1v) is 10.1. The number of anilines is 1. The van der Waals surface area contributed by atoms with Crippen molar-refractivity contribution in [1.82, 2.24) is 9.55 Å². The summed E-state index contributed by atoms with van der Waals surface area (Å²) in [5, 5.41) is 16.3. The third-order valence-electron chi connectivity index (χ3n) is 5.48. The Morgan fingerprint density at radius 1 is 1.03 bits per heavy atom. The van der Waals surface area contributed by atoms with Crippen LogP contribution in [0.5, 0.6) is 5.88 Å². The van der Waals surface area contributed by atoms with Crippen LogP contribution in [0.15, 0.2) is 73.2 Å². The monoisotopic (exact) mass is 401 g/mol. The van der Waals surface area contributed by atoms with Gasteiger partial charge in [0.2, 0.25) is 5.88 Å². The Kier molecular flexibility index (Phi) is 5.46. The molecule has 0 aliphatic rings. The highest BCUT2D eigenvalue weighted by atomic mass is 16.5. The van der Waals surface area contributed by atoms with Gasteiger partial charge in [0.15, 0.2) is 0 Å². The number of nitrogens with one attached hydrogen (secondary N) is 1. The molecule has 154 valence electrons. The van der Waals surface area contributed by atoms with Crippen LogP contribution in [0, 0.1) is 0 Å². The van der Waals surface area contributed by atoms with Gasteiger partial charge >= 0.3 is 0 Å². The molecule has 0 radical (unpaired) electrons. The zero-order valence-corrected chi connectivity index (χ0v) is 17.6. The lowest BCUT2D eigenvalue weighted by Gasteiger charge is -2.24. The summed E-state index contributed by atoms with van der Waals surface area (Å²) >= 11 is 0. The van der Waals surface area contributed by atoms with E-state index < -0.39 is 0 Å². The topological polar surface area (TPSA) is 59.3 Å². The van der Waals surface area contributed by atoms with E-state index in [0.29, 0.717) is 13.2 Å². The number of fused-ring (bicyclic) bond motifs is 1. The number of aromatic nitrogens is 2. The minimum Gasteiger partial charge on any atom is -0.494 e. The van der Waals surface area contributed by atoms with Gasteiger partial charge in [-0.25, -0.2) is 0 Å². The van der Waals surface area contributed by atoms with Crippen molar-refractivity contribution in [1.29, 1.82) is 0 Å². The van der Waals surface area contributed by atoms with Gasteiger partial charge < -0.3 is 15.2 Å². The Morgan fingerprint density at radius 2 is 1.77 bits per heavy atom. The van der Waals surface area contributed by atoms with Gasteiger partial charge in [-0.2, -0.15) is 0 Å². The number of methoxy groups -OCH3 is 1. The number of hydrogen-bond acceptors (Lipinski definition) is 4. The summed E-state index contributed by atoms with van der Waals surface area (Å²) in [6.45, 7) is 5.63. The van der Waals surface area contributed by atoms with Gasteiger partial charge in [0.25, 0.3) is 0 Å². The summed E-state index contributed by atoms with van der Waals surface area (Å²) in [6, 6.07) is 18.2. The number of benzene rings is 2. The molecule has 5 nitrogen and oxygen atoms in total. The number of hydrogen-bond donors (Lipinski definition) is 2. The number of pyridine rings is 1. The van der Waals surface area contributed by atoms with Crippen molar-refractivity contribution in [3.8, 4) is 11.6 Å². The predicted octanol–water partition coefficient (Wildman–Crippen LogP) is 5.27. The molecule has 4 aromatic rings. The molecule has 0 spiro atoms. The van der Waals surface area contributed by atoms with E-state index in [1.54, 1.807) is 19.5 Å². The van der Waals surface area contributed by atoms with E-state index in [0.717, 1.165) is 27.7 Å². The largest absolute Gasteiger partial charge is 0.494 e. The van der Waals surface area contributed by atoms with Crippen LogP contribution in [0.2, 0.25) is 0 Å². The SMILES string of the molecule is COCC(C)(C)c1ccc(-n2cc3cccc(NCc4ccncc4)c3c2O)cc1. The Hall–Kier alpha value is -3.31. The molecule has 2 heterocycles. The van der Waals surface area contributed by atoms with Crippen molar-refractivity contribution >= 4 is 16.5 Å². The van der Waals surface area contributed by atoms with Crippen LogP contribution in [0.3, 0.4) is 0 Å². The lowest BCUT2D eigenvalue weighted by atomic mass is 9.85. The molecule has 0 aliphatic heterocycles. The lowest BCUT2D eigenvalue weighted by molar-refractivity contribution is 0.146. The van der Waals surface area contributed by atoms with Crippen LogP contribution < -0.4 is 5.32 Å². The van der Waals surface area contributed by atoms with Gasteiger partial charge in [0, 0.05) is 54.4 Å². The van der Waals surface area contributed by atoms with Crippen LogP contribution in [0.1, 0.15) is 25.0 Å². The highest BCUT2D eigenvalue weighted by Gasteiger charge is 2.21. The summed E-state index contributed by atoms with van der Waals surface area (Å²) in [4.78, 5) is 4.05. The van der Waals surface area contributed by atoms with Crippen LogP contribution >= 0.6 is 0 Å². The van der Waals surface area contributed by atoms with E-state index in [-0.39, 0.29) is 11.3 Å². The molecule has 0 saturated carbocycles. The van der Waals surface area contributed by atoms with Gasteiger partial charge in [-0.3, -0.25) is 9.55 Å². The maximum absolute atomic E-state index is 11.0. The quantitative estimate of drug-likeness (QED) is 0.443. The smallest absolute Gasteiger partial charge is 0.205 e. The molecule has 0 aliphatic carbocycles. The molecular formula is C25H27N3O2. The molecule has 0 bridgehead atoms. The van der Waals surface area contributed by atoms with E-state index in [1.165, 1.54) is 5.56 Å². The molecule has 0 atom stereocenters. The molecular weight excluding hydrogens is 374 g/mol. The number of nitrogens with zero attached hydrogens (tertiary/aromatic N) is 2. The summed E-state index contributed by atoms with van der Waals surface area (Å²) in [6.07, 6.45) is 5.53. The van der Waals surface area contributed by atoms with Crippen LogP contribution in [-0.2, 0) is 16.7 Å². The molecule has 2 aromatic carbocycles. The zero-order chi connectivity index (χ0) is 21.1. The van der Waals surface area contributed by atoms with Gasteiger partial charge in [0.05, 0.1) is 12.0 Å². The number of aromatic hydroxyl groups is 1. The Balaban J connectivity index is 1.65.